The minimum absolute atomic E-state index is 0.724. The van der Waals surface area contributed by atoms with Gasteiger partial charge in [-0.25, -0.2) is 9.97 Å². The second-order valence-electron chi connectivity index (χ2n) is 11.6. The topological polar surface area (TPSA) is 43.6 Å². The first-order valence-electron chi connectivity index (χ1n) is 15.4. The van der Waals surface area contributed by atoms with E-state index in [2.05, 4.69) is 120 Å². The molecule has 0 N–H and O–H groups in total. The van der Waals surface area contributed by atoms with Crippen molar-refractivity contribution in [3.63, 3.8) is 0 Å². The molecule has 6 aromatic carbocycles. The number of rotatable bonds is 3. The van der Waals surface area contributed by atoms with Gasteiger partial charge in [-0.05, 0) is 36.4 Å². The van der Waals surface area contributed by atoms with E-state index in [0.29, 0.717) is 0 Å². The van der Waals surface area contributed by atoms with E-state index < -0.39 is 0 Å². The standard InChI is InChI=1S/C41H24N4S/c1-3-12-25(13-4-1)37-31-24-27(21-22-32(31)43-41(44-37)26-14-5-2-6-15-26)45-33-19-9-7-16-28(33)35-30-18-11-23-42-38(30)40-36(39(35)45)29-17-8-10-20-34(29)46-40/h1-24H. The molecule has 0 saturated carbocycles. The van der Waals surface area contributed by atoms with E-state index in [0.717, 1.165) is 50.3 Å². The second-order valence-corrected chi connectivity index (χ2v) is 12.7. The Hall–Kier alpha value is -5.91. The minimum atomic E-state index is 0.724. The fourth-order valence-corrected chi connectivity index (χ4v) is 8.26. The highest BCUT2D eigenvalue weighted by molar-refractivity contribution is 7.26. The number of pyridine rings is 1. The zero-order valence-electron chi connectivity index (χ0n) is 24.6. The lowest BCUT2D eigenvalue weighted by molar-refractivity contribution is 1.18. The summed E-state index contributed by atoms with van der Waals surface area (Å²) in [6, 6.07) is 49.0. The number of aromatic nitrogens is 4. The molecule has 0 saturated heterocycles. The largest absolute Gasteiger partial charge is 0.309 e. The average molecular weight is 605 g/mol. The normalized spacial score (nSPS) is 11.9. The summed E-state index contributed by atoms with van der Waals surface area (Å²) < 4.78 is 4.92. The highest BCUT2D eigenvalue weighted by Crippen LogP contribution is 2.47. The molecule has 10 rings (SSSR count). The van der Waals surface area contributed by atoms with Crippen molar-refractivity contribution < 1.29 is 0 Å². The highest BCUT2D eigenvalue weighted by atomic mass is 32.1. The lowest BCUT2D eigenvalue weighted by atomic mass is 10.0. The Kier molecular flexibility index (Phi) is 5.41. The molecule has 5 heteroatoms. The molecule has 0 bridgehead atoms. The Morgan fingerprint density at radius 3 is 2.11 bits per heavy atom. The van der Waals surface area contributed by atoms with Gasteiger partial charge < -0.3 is 4.57 Å². The maximum atomic E-state index is 5.19. The van der Waals surface area contributed by atoms with Crippen LogP contribution >= 0.6 is 11.3 Å². The summed E-state index contributed by atoms with van der Waals surface area (Å²) in [6.45, 7) is 0. The van der Waals surface area contributed by atoms with Crippen LogP contribution in [-0.4, -0.2) is 19.5 Å². The zero-order valence-corrected chi connectivity index (χ0v) is 25.4. The summed E-state index contributed by atoms with van der Waals surface area (Å²) in [5.74, 6) is 0.724. The Labute approximate surface area is 267 Å². The minimum Gasteiger partial charge on any atom is -0.309 e. The van der Waals surface area contributed by atoms with Gasteiger partial charge in [-0.1, -0.05) is 103 Å². The first-order chi connectivity index (χ1) is 22.8. The molecule has 0 aliphatic rings. The summed E-state index contributed by atoms with van der Waals surface area (Å²) in [4.78, 5) is 15.2. The number of nitrogens with zero attached hydrogens (tertiary/aromatic N) is 4. The molecule has 0 amide bonds. The van der Waals surface area contributed by atoms with Gasteiger partial charge in [0.2, 0.25) is 0 Å². The number of hydrogen-bond donors (Lipinski definition) is 0. The van der Waals surface area contributed by atoms with E-state index in [4.69, 9.17) is 15.0 Å². The van der Waals surface area contributed by atoms with Crippen LogP contribution < -0.4 is 0 Å². The van der Waals surface area contributed by atoms with Crippen molar-refractivity contribution in [1.29, 1.82) is 0 Å². The predicted molar refractivity (Wildman–Crippen MR) is 193 cm³/mol. The van der Waals surface area contributed by atoms with Crippen LogP contribution in [0.3, 0.4) is 0 Å². The van der Waals surface area contributed by atoms with E-state index in [-0.39, 0.29) is 0 Å². The van der Waals surface area contributed by atoms with Crippen molar-refractivity contribution in [3.05, 3.63) is 146 Å². The first-order valence-corrected chi connectivity index (χ1v) is 16.2. The van der Waals surface area contributed by atoms with Crippen LogP contribution in [0.25, 0.3) is 92.1 Å². The Balaban J connectivity index is 1.37. The molecule has 0 spiro atoms. The predicted octanol–water partition coefficient (Wildman–Crippen LogP) is 11.0. The van der Waals surface area contributed by atoms with Gasteiger partial charge in [-0.15, -0.1) is 11.3 Å². The second kappa shape index (κ2) is 9.80. The third-order valence-corrected chi connectivity index (χ3v) is 10.2. The summed E-state index contributed by atoms with van der Waals surface area (Å²) in [7, 11) is 0. The Morgan fingerprint density at radius 1 is 0.543 bits per heavy atom. The number of thiophene rings is 1. The smallest absolute Gasteiger partial charge is 0.160 e. The maximum absolute atomic E-state index is 5.19. The molecule has 4 nitrogen and oxygen atoms in total. The third kappa shape index (κ3) is 3.63. The lowest BCUT2D eigenvalue weighted by Crippen LogP contribution is -1.98. The molecule has 4 heterocycles. The average Bonchev–Trinajstić information content (AvgIpc) is 3.68. The van der Waals surface area contributed by atoms with Gasteiger partial charge in [0.1, 0.15) is 0 Å². The molecule has 0 aliphatic heterocycles. The van der Waals surface area contributed by atoms with E-state index in [9.17, 15) is 0 Å². The molecule has 0 unspecified atom stereocenters. The van der Waals surface area contributed by atoms with E-state index in [1.165, 1.54) is 41.8 Å². The van der Waals surface area contributed by atoms with Crippen LogP contribution in [0.15, 0.2) is 146 Å². The number of benzene rings is 6. The molecule has 0 radical (unpaired) electrons. The van der Waals surface area contributed by atoms with E-state index in [1.807, 2.05) is 41.8 Å². The van der Waals surface area contributed by atoms with Crippen molar-refractivity contribution in [2.75, 3.05) is 0 Å². The van der Waals surface area contributed by atoms with Crippen LogP contribution in [0.2, 0.25) is 0 Å². The van der Waals surface area contributed by atoms with Gasteiger partial charge in [0, 0.05) is 60.0 Å². The van der Waals surface area contributed by atoms with Crippen molar-refractivity contribution >= 4 is 75.1 Å². The Morgan fingerprint density at radius 2 is 1.26 bits per heavy atom. The first kappa shape index (κ1) is 25.4. The zero-order chi connectivity index (χ0) is 30.2. The highest BCUT2D eigenvalue weighted by Gasteiger charge is 2.23. The van der Waals surface area contributed by atoms with Gasteiger partial charge in [0.05, 0.1) is 32.5 Å². The molecule has 0 aliphatic carbocycles. The van der Waals surface area contributed by atoms with Gasteiger partial charge >= 0.3 is 0 Å². The lowest BCUT2D eigenvalue weighted by Gasteiger charge is -2.14. The van der Waals surface area contributed by atoms with E-state index >= 15 is 0 Å². The number of para-hydroxylation sites is 1. The number of hydrogen-bond acceptors (Lipinski definition) is 4. The van der Waals surface area contributed by atoms with Crippen molar-refractivity contribution in [2.24, 2.45) is 0 Å². The van der Waals surface area contributed by atoms with E-state index in [1.54, 1.807) is 0 Å². The van der Waals surface area contributed by atoms with Crippen LogP contribution in [0.5, 0.6) is 0 Å². The molecule has 10 aromatic rings. The molecule has 4 aromatic heterocycles. The third-order valence-electron chi connectivity index (χ3n) is 9.02. The summed E-state index contributed by atoms with van der Waals surface area (Å²) in [5.41, 5.74) is 8.40. The van der Waals surface area contributed by atoms with Gasteiger partial charge in [0.15, 0.2) is 5.82 Å². The quantitative estimate of drug-likeness (QED) is 0.201. The Bertz CT molecular complexity index is 2800. The van der Waals surface area contributed by atoms with Gasteiger partial charge in [-0.2, -0.15) is 0 Å². The van der Waals surface area contributed by atoms with Crippen LogP contribution in [-0.2, 0) is 0 Å². The molecule has 0 fully saturated rings. The van der Waals surface area contributed by atoms with Crippen LogP contribution in [0, 0.1) is 0 Å². The van der Waals surface area contributed by atoms with Gasteiger partial charge in [-0.3, -0.25) is 4.98 Å². The number of fused-ring (bicyclic) bond motifs is 11. The summed E-state index contributed by atoms with van der Waals surface area (Å²) >= 11 is 1.83. The van der Waals surface area contributed by atoms with Crippen molar-refractivity contribution in [1.82, 2.24) is 19.5 Å². The maximum Gasteiger partial charge on any atom is 0.160 e. The summed E-state index contributed by atoms with van der Waals surface area (Å²) in [5, 5.41) is 7.14. The van der Waals surface area contributed by atoms with Crippen LogP contribution in [0.1, 0.15) is 0 Å². The summed E-state index contributed by atoms with van der Waals surface area (Å²) in [6.07, 6.45) is 1.91. The molecular formula is C41H24N4S. The van der Waals surface area contributed by atoms with Crippen LogP contribution in [0.4, 0.5) is 0 Å². The fraction of sp³-hybridized carbons (Fsp3) is 0. The molecule has 46 heavy (non-hydrogen) atoms. The molecule has 0 atom stereocenters. The van der Waals surface area contributed by atoms with Crippen molar-refractivity contribution in [3.8, 4) is 28.3 Å². The monoisotopic (exact) mass is 604 g/mol. The van der Waals surface area contributed by atoms with Crippen molar-refractivity contribution in [2.45, 2.75) is 0 Å². The fourth-order valence-electron chi connectivity index (χ4n) is 7.04. The molecular weight excluding hydrogens is 581 g/mol. The SMILES string of the molecule is c1ccc(-c2nc(-c3ccccc3)c3cc(-n4c5ccccc5c5c6cccnc6c6sc7ccccc7c6c54)ccc3n2)cc1. The van der Waals surface area contributed by atoms with Gasteiger partial charge in [0.25, 0.3) is 0 Å². The molecule has 214 valence electrons.